The molecule has 146 valence electrons. The average Bonchev–Trinajstić information content (AvgIpc) is 2.73. The van der Waals surface area contributed by atoms with Crippen LogP contribution in [-0.2, 0) is 25.9 Å². The lowest BCUT2D eigenvalue weighted by molar-refractivity contribution is 0.403. The molecule has 0 atom stereocenters. The molecule has 0 bridgehead atoms. The first-order valence-electron chi connectivity index (χ1n) is 9.75. The molecule has 4 nitrogen and oxygen atoms in total. The van der Waals surface area contributed by atoms with Crippen molar-refractivity contribution in [1.82, 2.24) is 10.6 Å². The zero-order valence-electron chi connectivity index (χ0n) is 16.1. The van der Waals surface area contributed by atoms with Gasteiger partial charge in [0, 0.05) is 13.1 Å². The predicted molar refractivity (Wildman–Crippen MR) is 113 cm³/mol. The molecule has 0 saturated heterocycles. The Morgan fingerprint density at radius 1 is 0.536 bits per heavy atom. The Kier molecular flexibility index (Phi) is 7.47. The number of benzene rings is 3. The van der Waals surface area contributed by atoms with E-state index in [0.29, 0.717) is 0 Å². The second kappa shape index (κ2) is 10.5. The summed E-state index contributed by atoms with van der Waals surface area (Å²) in [5, 5.41) is 25.8. The molecule has 0 fully saturated rings. The Hall–Kier alpha value is -2.82. The Balaban J connectivity index is 1.33. The molecular weight excluding hydrogens is 348 g/mol. The summed E-state index contributed by atoms with van der Waals surface area (Å²) >= 11 is 0. The van der Waals surface area contributed by atoms with Crippen LogP contribution in [0.1, 0.15) is 22.3 Å². The van der Waals surface area contributed by atoms with E-state index in [1.165, 1.54) is 22.8 Å². The first-order valence-corrected chi connectivity index (χ1v) is 9.75. The van der Waals surface area contributed by atoms with Crippen molar-refractivity contribution in [3.8, 4) is 11.5 Å². The van der Waals surface area contributed by atoms with E-state index in [0.717, 1.165) is 44.6 Å². The van der Waals surface area contributed by atoms with Crippen LogP contribution in [0.4, 0.5) is 0 Å². The Morgan fingerprint density at radius 3 is 1.64 bits per heavy atom. The maximum Gasteiger partial charge on any atom is 0.157 e. The van der Waals surface area contributed by atoms with Gasteiger partial charge in [-0.2, -0.15) is 0 Å². The molecule has 0 amide bonds. The average molecular weight is 377 g/mol. The summed E-state index contributed by atoms with van der Waals surface area (Å²) in [5.74, 6) is -0.142. The van der Waals surface area contributed by atoms with Crippen LogP contribution in [0, 0.1) is 0 Å². The lowest BCUT2D eigenvalue weighted by Gasteiger charge is -2.08. The van der Waals surface area contributed by atoms with Crippen LogP contribution < -0.4 is 10.6 Å². The monoisotopic (exact) mass is 376 g/mol. The fourth-order valence-corrected chi connectivity index (χ4v) is 3.08. The second-order valence-corrected chi connectivity index (χ2v) is 6.98. The molecule has 0 aliphatic rings. The molecule has 0 heterocycles. The molecule has 0 unspecified atom stereocenters. The highest BCUT2D eigenvalue weighted by molar-refractivity contribution is 5.40. The van der Waals surface area contributed by atoms with E-state index in [-0.39, 0.29) is 11.5 Å². The minimum Gasteiger partial charge on any atom is -0.504 e. The van der Waals surface area contributed by atoms with Crippen LogP contribution in [0.5, 0.6) is 11.5 Å². The number of phenols is 2. The van der Waals surface area contributed by atoms with Crippen molar-refractivity contribution in [1.29, 1.82) is 0 Å². The molecule has 0 spiro atoms. The van der Waals surface area contributed by atoms with E-state index in [2.05, 4.69) is 59.2 Å². The standard InChI is InChI=1S/C24H28N2O2/c27-23-11-10-20(16-24(23)28)13-15-26-18-22-8-6-21(7-9-22)17-25-14-12-19-4-2-1-3-5-19/h1-11,16,25-28H,12-15,17-18H2. The van der Waals surface area contributed by atoms with Crippen LogP contribution in [0.15, 0.2) is 72.8 Å². The third kappa shape index (κ3) is 6.41. The van der Waals surface area contributed by atoms with Gasteiger partial charge >= 0.3 is 0 Å². The summed E-state index contributed by atoms with van der Waals surface area (Å²) in [7, 11) is 0. The van der Waals surface area contributed by atoms with Gasteiger partial charge in [0.05, 0.1) is 0 Å². The van der Waals surface area contributed by atoms with Gasteiger partial charge in [-0.15, -0.1) is 0 Å². The van der Waals surface area contributed by atoms with Crippen molar-refractivity contribution >= 4 is 0 Å². The van der Waals surface area contributed by atoms with E-state index in [1.54, 1.807) is 6.07 Å². The van der Waals surface area contributed by atoms with Crippen molar-refractivity contribution in [2.75, 3.05) is 13.1 Å². The molecule has 3 aromatic carbocycles. The van der Waals surface area contributed by atoms with Gasteiger partial charge in [0.2, 0.25) is 0 Å². The zero-order valence-corrected chi connectivity index (χ0v) is 16.1. The van der Waals surface area contributed by atoms with Gasteiger partial charge in [-0.05, 0) is 60.3 Å². The Morgan fingerprint density at radius 2 is 1.07 bits per heavy atom. The van der Waals surface area contributed by atoms with Gasteiger partial charge in [-0.3, -0.25) is 0 Å². The van der Waals surface area contributed by atoms with Crippen molar-refractivity contribution < 1.29 is 10.2 Å². The number of hydrogen-bond acceptors (Lipinski definition) is 4. The Labute approximate surface area is 166 Å². The van der Waals surface area contributed by atoms with Crippen LogP contribution in [-0.4, -0.2) is 23.3 Å². The number of phenolic OH excluding ortho intramolecular Hbond substituents is 2. The molecular formula is C24H28N2O2. The molecule has 28 heavy (non-hydrogen) atoms. The molecule has 4 heteroatoms. The van der Waals surface area contributed by atoms with E-state index < -0.39 is 0 Å². The van der Waals surface area contributed by atoms with Crippen molar-refractivity contribution in [2.45, 2.75) is 25.9 Å². The van der Waals surface area contributed by atoms with Gasteiger partial charge in [0.25, 0.3) is 0 Å². The normalized spacial score (nSPS) is 10.9. The first kappa shape index (κ1) is 19.9. The van der Waals surface area contributed by atoms with E-state index in [1.807, 2.05) is 12.1 Å². The third-order valence-corrected chi connectivity index (χ3v) is 4.74. The fourth-order valence-electron chi connectivity index (χ4n) is 3.08. The third-order valence-electron chi connectivity index (χ3n) is 4.74. The molecule has 0 aromatic heterocycles. The largest absolute Gasteiger partial charge is 0.504 e. The molecule has 4 N–H and O–H groups in total. The van der Waals surface area contributed by atoms with Gasteiger partial charge in [0.1, 0.15) is 0 Å². The molecule has 0 aliphatic carbocycles. The lowest BCUT2D eigenvalue weighted by Crippen LogP contribution is -2.17. The molecule has 0 aliphatic heterocycles. The predicted octanol–water partition coefficient (Wildman–Crippen LogP) is 3.76. The summed E-state index contributed by atoms with van der Waals surface area (Å²) in [6.07, 6.45) is 1.85. The highest BCUT2D eigenvalue weighted by Crippen LogP contribution is 2.24. The van der Waals surface area contributed by atoms with Gasteiger partial charge < -0.3 is 20.8 Å². The second-order valence-electron chi connectivity index (χ2n) is 6.98. The van der Waals surface area contributed by atoms with Gasteiger partial charge in [-0.1, -0.05) is 60.7 Å². The maximum atomic E-state index is 9.52. The first-order chi connectivity index (χ1) is 13.7. The molecule has 3 rings (SSSR count). The minimum absolute atomic E-state index is 0.0644. The van der Waals surface area contributed by atoms with Crippen molar-refractivity contribution in [2.24, 2.45) is 0 Å². The van der Waals surface area contributed by atoms with Crippen LogP contribution in [0.3, 0.4) is 0 Å². The van der Waals surface area contributed by atoms with Crippen molar-refractivity contribution in [3.05, 3.63) is 95.1 Å². The molecule has 3 aromatic rings. The van der Waals surface area contributed by atoms with Crippen LogP contribution in [0.2, 0.25) is 0 Å². The van der Waals surface area contributed by atoms with Gasteiger partial charge in [0.15, 0.2) is 11.5 Å². The van der Waals surface area contributed by atoms with Gasteiger partial charge in [-0.25, -0.2) is 0 Å². The summed E-state index contributed by atoms with van der Waals surface area (Å²) in [4.78, 5) is 0. The van der Waals surface area contributed by atoms with E-state index in [4.69, 9.17) is 0 Å². The summed E-state index contributed by atoms with van der Waals surface area (Å²) in [5.41, 5.74) is 4.90. The summed E-state index contributed by atoms with van der Waals surface area (Å²) < 4.78 is 0. The Bertz CT molecular complexity index is 848. The minimum atomic E-state index is -0.0774. The highest BCUT2D eigenvalue weighted by atomic mass is 16.3. The summed E-state index contributed by atoms with van der Waals surface area (Å²) in [6, 6.07) is 24.2. The van der Waals surface area contributed by atoms with E-state index >= 15 is 0 Å². The maximum absolute atomic E-state index is 9.52. The number of nitrogens with one attached hydrogen (secondary N) is 2. The topological polar surface area (TPSA) is 64.5 Å². The SMILES string of the molecule is Oc1ccc(CCNCc2ccc(CNCCc3ccccc3)cc2)cc1O. The smallest absolute Gasteiger partial charge is 0.157 e. The van der Waals surface area contributed by atoms with Crippen LogP contribution in [0.25, 0.3) is 0 Å². The van der Waals surface area contributed by atoms with Crippen molar-refractivity contribution in [3.63, 3.8) is 0 Å². The quantitative estimate of drug-likeness (QED) is 0.321. The highest BCUT2D eigenvalue weighted by Gasteiger charge is 2.01. The van der Waals surface area contributed by atoms with Crippen LogP contribution >= 0.6 is 0 Å². The van der Waals surface area contributed by atoms with E-state index in [9.17, 15) is 10.2 Å². The molecule has 0 saturated carbocycles. The molecule has 0 radical (unpaired) electrons. The number of rotatable bonds is 10. The summed E-state index contributed by atoms with van der Waals surface area (Å²) in [6.45, 7) is 3.48. The number of aromatic hydroxyl groups is 2. The zero-order chi connectivity index (χ0) is 19.6. The lowest BCUT2D eigenvalue weighted by atomic mass is 10.1. The fraction of sp³-hybridized carbons (Fsp3) is 0.250. The number of hydrogen-bond donors (Lipinski definition) is 4.